The van der Waals surface area contributed by atoms with Crippen LogP contribution in [0.2, 0.25) is 0 Å². The van der Waals surface area contributed by atoms with Crippen LogP contribution < -0.4 is 5.73 Å². The van der Waals surface area contributed by atoms with Crippen molar-refractivity contribution in [2.24, 2.45) is 7.05 Å². The highest BCUT2D eigenvalue weighted by Crippen LogP contribution is 2.37. The molecule has 0 amide bonds. The number of hydrogen-bond acceptors (Lipinski definition) is 2. The van der Waals surface area contributed by atoms with Gasteiger partial charge in [0.05, 0.1) is 5.69 Å². The van der Waals surface area contributed by atoms with Crippen molar-refractivity contribution in [2.45, 2.75) is 38.0 Å². The third-order valence-electron chi connectivity index (χ3n) is 4.26. The third kappa shape index (κ3) is 2.62. The Balaban J connectivity index is 1.90. The van der Waals surface area contributed by atoms with Gasteiger partial charge in [0.25, 0.3) is 0 Å². The van der Waals surface area contributed by atoms with Gasteiger partial charge in [-0.3, -0.25) is 4.68 Å². The predicted molar refractivity (Wildman–Crippen MR) is 86.6 cm³/mol. The highest BCUT2D eigenvalue weighted by Gasteiger charge is 2.18. The molecule has 4 heteroatoms. The fourth-order valence-corrected chi connectivity index (χ4v) is 3.76. The molecule has 0 unspecified atom stereocenters. The van der Waals surface area contributed by atoms with Crippen LogP contribution in [0.15, 0.2) is 28.7 Å². The summed E-state index contributed by atoms with van der Waals surface area (Å²) >= 11 is 3.74. The Labute approximate surface area is 128 Å². The maximum atomic E-state index is 5.85. The van der Waals surface area contributed by atoms with E-state index < -0.39 is 0 Å². The minimum absolute atomic E-state index is 0.687. The molecule has 0 radical (unpaired) electrons. The number of halogens is 1. The molecule has 20 heavy (non-hydrogen) atoms. The number of aromatic nitrogens is 2. The van der Waals surface area contributed by atoms with Gasteiger partial charge < -0.3 is 5.73 Å². The Hall–Kier alpha value is -1.29. The average molecular weight is 334 g/mol. The van der Waals surface area contributed by atoms with Gasteiger partial charge in [0.1, 0.15) is 5.82 Å². The van der Waals surface area contributed by atoms with Gasteiger partial charge in [-0.25, -0.2) is 0 Å². The van der Waals surface area contributed by atoms with Crippen LogP contribution in [-0.4, -0.2) is 9.78 Å². The second-order valence-electron chi connectivity index (χ2n) is 5.65. The fraction of sp³-hybridized carbons (Fsp3) is 0.438. The summed E-state index contributed by atoms with van der Waals surface area (Å²) in [6, 6.07) is 8.50. The van der Waals surface area contributed by atoms with Crippen molar-refractivity contribution >= 4 is 21.7 Å². The summed E-state index contributed by atoms with van der Waals surface area (Å²) in [6.45, 7) is 0. The minimum Gasteiger partial charge on any atom is -0.384 e. The van der Waals surface area contributed by atoms with Gasteiger partial charge >= 0.3 is 0 Å². The van der Waals surface area contributed by atoms with E-state index >= 15 is 0 Å². The van der Waals surface area contributed by atoms with Crippen LogP contribution >= 0.6 is 15.9 Å². The van der Waals surface area contributed by atoms with Gasteiger partial charge in [0, 0.05) is 23.2 Å². The highest BCUT2D eigenvalue weighted by molar-refractivity contribution is 9.10. The Kier molecular flexibility index (Phi) is 3.83. The van der Waals surface area contributed by atoms with Crippen molar-refractivity contribution in [2.75, 3.05) is 5.73 Å². The molecule has 0 aliphatic heterocycles. The number of hydrogen-bond donors (Lipinski definition) is 1. The molecule has 0 bridgehead atoms. The molecule has 1 aromatic heterocycles. The fourth-order valence-electron chi connectivity index (χ4n) is 3.05. The molecule has 2 aromatic rings. The van der Waals surface area contributed by atoms with Crippen LogP contribution in [0.3, 0.4) is 0 Å². The van der Waals surface area contributed by atoms with Crippen molar-refractivity contribution in [3.05, 3.63) is 34.3 Å². The second-order valence-corrected chi connectivity index (χ2v) is 6.50. The molecule has 1 fully saturated rings. The molecule has 3 nitrogen and oxygen atoms in total. The second kappa shape index (κ2) is 5.60. The number of nitrogen functional groups attached to an aromatic ring is 1. The zero-order valence-electron chi connectivity index (χ0n) is 11.8. The smallest absolute Gasteiger partial charge is 0.121 e. The first-order chi connectivity index (χ1) is 9.65. The van der Waals surface area contributed by atoms with Crippen LogP contribution in [0.5, 0.6) is 0 Å². The quantitative estimate of drug-likeness (QED) is 0.880. The first kappa shape index (κ1) is 13.7. The van der Waals surface area contributed by atoms with Gasteiger partial charge in [-0.2, -0.15) is 5.10 Å². The van der Waals surface area contributed by atoms with Crippen molar-refractivity contribution in [1.29, 1.82) is 0 Å². The van der Waals surface area contributed by atoms with Crippen LogP contribution in [0.25, 0.3) is 11.3 Å². The summed E-state index contributed by atoms with van der Waals surface area (Å²) in [5.74, 6) is 1.40. The largest absolute Gasteiger partial charge is 0.384 e. The number of rotatable bonds is 2. The first-order valence-corrected chi connectivity index (χ1v) is 8.04. The minimum atomic E-state index is 0.687. The normalized spacial score (nSPS) is 16.5. The van der Waals surface area contributed by atoms with E-state index in [1.54, 1.807) is 4.68 Å². The van der Waals surface area contributed by atoms with Crippen molar-refractivity contribution in [3.8, 4) is 11.3 Å². The van der Waals surface area contributed by atoms with E-state index in [4.69, 9.17) is 5.73 Å². The predicted octanol–water partition coefficient (Wildman–Crippen LogP) is 4.48. The van der Waals surface area contributed by atoms with Crippen LogP contribution in [-0.2, 0) is 7.05 Å². The topological polar surface area (TPSA) is 43.8 Å². The molecular weight excluding hydrogens is 314 g/mol. The molecule has 1 aliphatic rings. The molecule has 1 saturated carbocycles. The maximum Gasteiger partial charge on any atom is 0.121 e. The molecule has 3 rings (SSSR count). The Morgan fingerprint density at radius 1 is 1.20 bits per heavy atom. The molecule has 1 aliphatic carbocycles. The average Bonchev–Trinajstić information content (AvgIpc) is 2.79. The van der Waals surface area contributed by atoms with Gasteiger partial charge in [-0.15, -0.1) is 0 Å². The van der Waals surface area contributed by atoms with E-state index in [0.717, 1.165) is 11.3 Å². The van der Waals surface area contributed by atoms with E-state index in [9.17, 15) is 0 Å². The van der Waals surface area contributed by atoms with E-state index in [1.165, 1.54) is 42.1 Å². The summed E-state index contributed by atoms with van der Waals surface area (Å²) in [5.41, 5.74) is 9.34. The van der Waals surface area contributed by atoms with E-state index in [2.05, 4.69) is 39.2 Å². The summed E-state index contributed by atoms with van der Waals surface area (Å²) in [7, 11) is 1.87. The molecule has 106 valence electrons. The Morgan fingerprint density at radius 3 is 2.55 bits per heavy atom. The summed E-state index contributed by atoms with van der Waals surface area (Å²) in [4.78, 5) is 0. The lowest BCUT2D eigenvalue weighted by Crippen LogP contribution is -2.05. The molecule has 0 atom stereocenters. The van der Waals surface area contributed by atoms with Crippen molar-refractivity contribution in [3.63, 3.8) is 0 Å². The van der Waals surface area contributed by atoms with E-state index in [0.29, 0.717) is 11.7 Å². The van der Waals surface area contributed by atoms with E-state index in [-0.39, 0.29) is 0 Å². The van der Waals surface area contributed by atoms with Crippen molar-refractivity contribution in [1.82, 2.24) is 9.78 Å². The summed E-state index contributed by atoms with van der Waals surface area (Å²) < 4.78 is 2.91. The zero-order valence-corrected chi connectivity index (χ0v) is 13.4. The number of nitrogens with zero attached hydrogens (tertiary/aromatic N) is 2. The monoisotopic (exact) mass is 333 g/mol. The third-order valence-corrected chi connectivity index (χ3v) is 4.94. The molecule has 1 heterocycles. The standard InChI is InChI=1S/C16H20BrN3/c1-20-16(18)10-15(19-20)12-7-8-13(14(17)9-12)11-5-3-2-4-6-11/h7-11H,2-6,18H2,1H3. The summed E-state index contributed by atoms with van der Waals surface area (Å²) in [5, 5.41) is 4.43. The lowest BCUT2D eigenvalue weighted by molar-refractivity contribution is 0.442. The van der Waals surface area contributed by atoms with Gasteiger partial charge in [-0.05, 0) is 30.4 Å². The summed E-state index contributed by atoms with van der Waals surface area (Å²) in [6.07, 6.45) is 6.73. The van der Waals surface area contributed by atoms with E-state index in [1.807, 2.05) is 13.1 Å². The molecular formula is C16H20BrN3. The molecule has 1 aromatic carbocycles. The van der Waals surface area contributed by atoms with Gasteiger partial charge in [0.2, 0.25) is 0 Å². The molecule has 2 N–H and O–H groups in total. The van der Waals surface area contributed by atoms with Crippen LogP contribution in [0.4, 0.5) is 5.82 Å². The van der Waals surface area contributed by atoms with Gasteiger partial charge in [0.15, 0.2) is 0 Å². The number of benzene rings is 1. The molecule has 0 spiro atoms. The number of anilines is 1. The zero-order chi connectivity index (χ0) is 14.1. The van der Waals surface area contributed by atoms with Gasteiger partial charge in [-0.1, -0.05) is 47.3 Å². The highest BCUT2D eigenvalue weighted by atomic mass is 79.9. The number of nitrogens with two attached hydrogens (primary N) is 1. The Morgan fingerprint density at radius 2 is 1.95 bits per heavy atom. The van der Waals surface area contributed by atoms with Crippen LogP contribution in [0.1, 0.15) is 43.6 Å². The lowest BCUT2D eigenvalue weighted by atomic mass is 9.84. The van der Waals surface area contributed by atoms with Crippen LogP contribution in [0, 0.1) is 0 Å². The molecule has 0 saturated heterocycles. The first-order valence-electron chi connectivity index (χ1n) is 7.24. The number of aryl methyl sites for hydroxylation is 1. The Bertz CT molecular complexity index is 593. The SMILES string of the molecule is Cn1nc(-c2ccc(C3CCCCC3)c(Br)c2)cc1N. The maximum absolute atomic E-state index is 5.85. The lowest BCUT2D eigenvalue weighted by Gasteiger charge is -2.23. The van der Waals surface area contributed by atoms with Crippen molar-refractivity contribution < 1.29 is 0 Å².